The summed E-state index contributed by atoms with van der Waals surface area (Å²) in [5.41, 5.74) is 30.7. The predicted octanol–water partition coefficient (Wildman–Crippen LogP) is 20.7. The highest BCUT2D eigenvalue weighted by Crippen LogP contribution is 2.50. The van der Waals surface area contributed by atoms with Crippen LogP contribution in [-0.4, -0.2) is 124 Å². The number of hydrogen-bond acceptors (Lipinski definition) is 16. The molecule has 0 radical (unpaired) electrons. The maximum Gasteiger partial charge on any atom is 0.120 e. The van der Waals surface area contributed by atoms with Gasteiger partial charge >= 0.3 is 0 Å². The second kappa shape index (κ2) is 45.1. The van der Waals surface area contributed by atoms with Crippen LogP contribution in [0.15, 0.2) is 311 Å². The number of aliphatic hydroxyl groups excluding tert-OH is 8. The molecular formula is C104H106O13S4. The summed E-state index contributed by atoms with van der Waals surface area (Å²) in [4.78, 5) is 4.63. The number of allylic oxidation sites excluding steroid dienone is 4. The van der Waals surface area contributed by atoms with Gasteiger partial charge in [-0.15, -0.1) is 47.0 Å². The Bertz CT molecular complexity index is 4860. The number of hydrogen-bond donors (Lipinski definition) is 8. The summed E-state index contributed by atoms with van der Waals surface area (Å²) in [6.07, 6.45) is 0.240. The van der Waals surface area contributed by atoms with Crippen LogP contribution in [0.4, 0.5) is 0 Å². The molecule has 0 aromatic heterocycles. The number of thioether (sulfide) groups is 4. The van der Waals surface area contributed by atoms with E-state index in [-0.39, 0.29) is 58.3 Å². The van der Waals surface area contributed by atoms with E-state index in [1.54, 1.807) is 47.0 Å². The van der Waals surface area contributed by atoms with Gasteiger partial charge < -0.3 is 65.3 Å². The molecule has 13 nitrogen and oxygen atoms in total. The van der Waals surface area contributed by atoms with Gasteiger partial charge in [0.05, 0.1) is 26.4 Å². The van der Waals surface area contributed by atoms with Gasteiger partial charge in [-0.05, 0) is 232 Å². The van der Waals surface area contributed by atoms with Crippen LogP contribution in [0.1, 0.15) is 142 Å². The normalized spacial score (nSPS) is 16.6. The Kier molecular flexibility index (Phi) is 33.6. The van der Waals surface area contributed by atoms with Crippen molar-refractivity contribution >= 4 is 91.6 Å². The fourth-order valence-corrected chi connectivity index (χ4v) is 19.8. The third-order valence-corrected chi connectivity index (χ3v) is 25.7. The lowest BCUT2D eigenvalue weighted by Crippen LogP contribution is -2.21. The minimum atomic E-state index is -0.877. The molecule has 4 aliphatic rings. The third-order valence-electron chi connectivity index (χ3n) is 21.3. The predicted molar refractivity (Wildman–Crippen MR) is 498 cm³/mol. The van der Waals surface area contributed by atoms with Crippen molar-refractivity contribution in [1.82, 2.24) is 0 Å². The van der Waals surface area contributed by atoms with Gasteiger partial charge in [-0.2, -0.15) is 0 Å². The van der Waals surface area contributed by atoms with E-state index in [0.717, 1.165) is 68.3 Å². The molecule has 12 aromatic carbocycles. The summed E-state index contributed by atoms with van der Waals surface area (Å²) in [5.74, 6) is 6.35. The van der Waals surface area contributed by atoms with Crippen LogP contribution in [0.25, 0.3) is 44.6 Å². The molecule has 4 atom stereocenters. The highest BCUT2D eigenvalue weighted by atomic mass is 32.2. The van der Waals surface area contributed by atoms with Crippen LogP contribution in [0.2, 0.25) is 0 Å². The fourth-order valence-electron chi connectivity index (χ4n) is 15.4. The van der Waals surface area contributed by atoms with Crippen LogP contribution in [0.3, 0.4) is 0 Å². The highest BCUT2D eigenvalue weighted by molar-refractivity contribution is 7.99. The summed E-state index contributed by atoms with van der Waals surface area (Å²) in [6, 6.07) is 101. The fraction of sp³-hybridized carbons (Fsp3) is 0.231. The van der Waals surface area contributed by atoms with E-state index in [1.165, 1.54) is 134 Å². The topological polar surface area (TPSA) is 230 Å². The minimum absolute atomic E-state index is 0. The molecule has 4 unspecified atom stereocenters. The average molecular weight is 1690 g/mol. The summed E-state index contributed by atoms with van der Waals surface area (Å²) < 4.78 is 22.9. The molecule has 4 heterocycles. The molecular weight excluding hydrogens is 1590 g/mol. The van der Waals surface area contributed by atoms with Crippen LogP contribution >= 0.6 is 47.0 Å². The maximum atomic E-state index is 9.62. The SMILES string of the molecule is CC/C1=C(\c2ccccc2)c2ccc(OCC(O)CO)cc2SCc2ccccc21.CC/C1=C(\c2ccccc2)c2ccc(OCC(O)CO)cc2SCc2ccccc21.CC/C1=C(\c2ccccc2)c2ccc(OCC(O)CO)cc2SCc2ccccc21.CC/C1=C(\c2ccccc2)c2ccc(OCC(O)CO)cc2SCc2ccccc21.O. The second-order valence-electron chi connectivity index (χ2n) is 29.3. The molecule has 12 aromatic rings. The van der Waals surface area contributed by atoms with Gasteiger partial charge in [0.25, 0.3) is 0 Å². The Hall–Kier alpha value is -10.2. The quantitative estimate of drug-likeness (QED) is 0.0281. The molecule has 10 N–H and O–H groups in total. The standard InChI is InChI=1S/4C26H26O3S.H2O/c4*1-2-22-23-11-7-6-10-19(23)17-30-25-14-21(29-16-20(28)15-27)12-13-24(25)26(22)18-8-4-3-5-9-18;/h4*3-14,20,27-28H,2,15-17H2,1H3;1H2/b4*26-22-;. The lowest BCUT2D eigenvalue weighted by Gasteiger charge is -2.24. The van der Waals surface area contributed by atoms with Crippen LogP contribution in [0.5, 0.6) is 23.0 Å². The molecule has 0 amide bonds. The van der Waals surface area contributed by atoms with Crippen molar-refractivity contribution in [3.63, 3.8) is 0 Å². The Morgan fingerprint density at radius 1 is 0.248 bits per heavy atom. The minimum Gasteiger partial charge on any atom is -0.491 e. The van der Waals surface area contributed by atoms with Crippen molar-refractivity contribution in [3.05, 3.63) is 380 Å². The molecule has 0 saturated heterocycles. The average Bonchev–Trinajstić information content (AvgIpc) is 0.787. The van der Waals surface area contributed by atoms with Gasteiger partial charge in [-0.1, -0.05) is 246 Å². The molecule has 121 heavy (non-hydrogen) atoms. The first kappa shape index (κ1) is 90.1. The van der Waals surface area contributed by atoms with Gasteiger partial charge in [0.15, 0.2) is 0 Å². The molecule has 0 bridgehead atoms. The van der Waals surface area contributed by atoms with Crippen molar-refractivity contribution in [2.75, 3.05) is 52.9 Å². The zero-order valence-corrected chi connectivity index (χ0v) is 71.9. The van der Waals surface area contributed by atoms with Gasteiger partial charge in [0, 0.05) is 42.6 Å². The Morgan fingerprint density at radius 2 is 0.438 bits per heavy atom. The summed E-state index contributed by atoms with van der Waals surface area (Å²) in [5, 5.41) is 74.6. The van der Waals surface area contributed by atoms with E-state index in [2.05, 4.69) is 246 Å². The van der Waals surface area contributed by atoms with Crippen molar-refractivity contribution < 1.29 is 65.3 Å². The van der Waals surface area contributed by atoms with Gasteiger partial charge in [-0.25, -0.2) is 0 Å². The number of aliphatic hydroxyl groups is 8. The van der Waals surface area contributed by atoms with E-state index in [4.69, 9.17) is 39.4 Å². The lowest BCUT2D eigenvalue weighted by molar-refractivity contribution is 0.0535. The van der Waals surface area contributed by atoms with Gasteiger partial charge in [0.2, 0.25) is 0 Å². The van der Waals surface area contributed by atoms with E-state index >= 15 is 0 Å². The molecule has 4 aliphatic heterocycles. The Labute approximate surface area is 728 Å². The van der Waals surface area contributed by atoms with Gasteiger partial charge in [-0.3, -0.25) is 0 Å². The largest absolute Gasteiger partial charge is 0.491 e. The first-order valence-electron chi connectivity index (χ1n) is 41.1. The number of ether oxygens (including phenoxy) is 4. The number of fused-ring (bicyclic) bond motifs is 8. The zero-order chi connectivity index (χ0) is 83.7. The zero-order valence-electron chi connectivity index (χ0n) is 68.7. The molecule has 17 heteroatoms. The summed E-state index contributed by atoms with van der Waals surface area (Å²) >= 11 is 7.22. The molecule has 16 rings (SSSR count). The Balaban J connectivity index is 0.000000147. The maximum absolute atomic E-state index is 9.62. The molecule has 0 saturated carbocycles. The smallest absolute Gasteiger partial charge is 0.120 e. The first-order valence-corrected chi connectivity index (χ1v) is 45.0. The summed E-state index contributed by atoms with van der Waals surface area (Å²) in [6.45, 7) is 7.94. The van der Waals surface area contributed by atoms with Crippen LogP contribution < -0.4 is 18.9 Å². The second-order valence-corrected chi connectivity index (χ2v) is 33.4. The van der Waals surface area contributed by atoms with Crippen LogP contribution in [-0.2, 0) is 23.0 Å². The third kappa shape index (κ3) is 22.6. The monoisotopic (exact) mass is 1690 g/mol. The van der Waals surface area contributed by atoms with Crippen molar-refractivity contribution in [1.29, 1.82) is 0 Å². The van der Waals surface area contributed by atoms with E-state index in [1.807, 2.05) is 72.8 Å². The van der Waals surface area contributed by atoms with E-state index in [9.17, 15) is 20.4 Å². The van der Waals surface area contributed by atoms with Crippen molar-refractivity contribution in [2.24, 2.45) is 0 Å². The van der Waals surface area contributed by atoms with Crippen molar-refractivity contribution in [3.8, 4) is 23.0 Å². The van der Waals surface area contributed by atoms with Crippen LogP contribution in [0, 0.1) is 0 Å². The van der Waals surface area contributed by atoms with E-state index in [0.29, 0.717) is 23.0 Å². The van der Waals surface area contributed by atoms with Crippen molar-refractivity contribution in [2.45, 2.75) is 120 Å². The molecule has 0 fully saturated rings. The summed E-state index contributed by atoms with van der Waals surface area (Å²) in [7, 11) is 0. The lowest BCUT2D eigenvalue weighted by atomic mass is 9.86. The molecule has 0 spiro atoms. The highest BCUT2D eigenvalue weighted by Gasteiger charge is 2.28. The van der Waals surface area contributed by atoms with E-state index < -0.39 is 24.4 Å². The first-order chi connectivity index (χ1) is 58.8. The number of benzene rings is 12. The number of rotatable bonds is 24. The van der Waals surface area contributed by atoms with Gasteiger partial charge in [0.1, 0.15) is 73.8 Å². The molecule has 0 aliphatic carbocycles. The Morgan fingerprint density at radius 3 is 0.628 bits per heavy atom. The molecule has 624 valence electrons.